The number of ketones is 1. The van der Waals surface area contributed by atoms with Gasteiger partial charge in [-0.15, -0.1) is 0 Å². The number of hydrogen-bond donors (Lipinski definition) is 0. The van der Waals surface area contributed by atoms with E-state index in [1.807, 2.05) is 34.9 Å². The van der Waals surface area contributed by atoms with E-state index in [-0.39, 0.29) is 5.78 Å². The van der Waals surface area contributed by atoms with Gasteiger partial charge in [-0.05, 0) is 74.6 Å². The van der Waals surface area contributed by atoms with E-state index < -0.39 is 0 Å². The topological polar surface area (TPSA) is 24.7 Å². The maximum absolute atomic E-state index is 13.3. The van der Waals surface area contributed by atoms with E-state index in [0.717, 1.165) is 54.7 Å². The van der Waals surface area contributed by atoms with Crippen LogP contribution >= 0.6 is 0 Å². The molecule has 2 heterocycles. The van der Waals surface area contributed by atoms with E-state index >= 15 is 0 Å². The summed E-state index contributed by atoms with van der Waals surface area (Å²) in [4.78, 5) is 15.8. The van der Waals surface area contributed by atoms with E-state index in [4.69, 9.17) is 0 Å². The molecule has 0 amide bonds. The van der Waals surface area contributed by atoms with Crippen LogP contribution < -0.4 is 0 Å². The largest absolute Gasteiger partial charge is 0.313 e. The number of rotatable bonds is 11. The van der Waals surface area contributed by atoms with Gasteiger partial charge in [0.15, 0.2) is 0 Å². The number of carbonyl (C=O) groups excluding carboxylic acids is 1. The minimum atomic E-state index is 0.118. The maximum atomic E-state index is 13.3. The molecule has 0 saturated carbocycles. The second-order valence-corrected chi connectivity index (χ2v) is 7.77. The van der Waals surface area contributed by atoms with E-state index in [2.05, 4.69) is 49.9 Å². The predicted molar refractivity (Wildman–Crippen MR) is 122 cm³/mol. The molecular formula is C26H34N2O. The molecule has 0 spiro atoms. The van der Waals surface area contributed by atoms with Crippen molar-refractivity contribution in [3.8, 4) is 0 Å². The van der Waals surface area contributed by atoms with Gasteiger partial charge in [-0.1, -0.05) is 57.5 Å². The van der Waals surface area contributed by atoms with Crippen molar-refractivity contribution in [3.05, 3.63) is 77.1 Å². The van der Waals surface area contributed by atoms with E-state index in [9.17, 15) is 4.79 Å². The molecule has 1 aromatic carbocycles. The van der Waals surface area contributed by atoms with Gasteiger partial charge in [0.2, 0.25) is 5.78 Å². The van der Waals surface area contributed by atoms with Crippen molar-refractivity contribution in [2.45, 2.75) is 52.9 Å². The molecule has 0 aliphatic carbocycles. The Bertz CT molecular complexity index is 920. The highest BCUT2D eigenvalue weighted by Gasteiger charge is 2.18. The second kappa shape index (κ2) is 10.4. The number of hydrogen-bond acceptors (Lipinski definition) is 2. The highest BCUT2D eigenvalue weighted by atomic mass is 16.1. The molecule has 0 aliphatic heterocycles. The first-order valence-corrected chi connectivity index (χ1v) is 11.1. The Morgan fingerprint density at radius 3 is 2.38 bits per heavy atom. The van der Waals surface area contributed by atoms with E-state index in [0.29, 0.717) is 0 Å². The maximum Gasteiger partial charge on any atom is 0.210 e. The van der Waals surface area contributed by atoms with Crippen molar-refractivity contribution in [2.24, 2.45) is 0 Å². The molecule has 3 aromatic rings. The van der Waals surface area contributed by atoms with Crippen molar-refractivity contribution < 1.29 is 4.79 Å². The average Bonchev–Trinajstić information content (AvgIpc) is 3.12. The van der Waals surface area contributed by atoms with Crippen LogP contribution in [0.1, 0.15) is 67.2 Å². The monoisotopic (exact) mass is 390 g/mol. The zero-order valence-electron chi connectivity index (χ0n) is 18.2. The first-order chi connectivity index (χ1) is 14.2. The fourth-order valence-corrected chi connectivity index (χ4v) is 4.06. The average molecular weight is 391 g/mol. The Morgan fingerprint density at radius 1 is 0.931 bits per heavy atom. The molecule has 154 valence electrons. The molecule has 0 fully saturated rings. The van der Waals surface area contributed by atoms with Crippen molar-refractivity contribution in [1.82, 2.24) is 9.30 Å². The second-order valence-electron chi connectivity index (χ2n) is 7.77. The Labute approximate surface area is 175 Å². The molecule has 29 heavy (non-hydrogen) atoms. The first kappa shape index (κ1) is 21.3. The molecule has 0 bridgehead atoms. The SMILES string of the molecule is CCCc1cc2ccccn2c1C(=O)c1ccc(CCCCN(CC)CC)cc1. The molecule has 0 unspecified atom stereocenters. The molecule has 0 saturated heterocycles. The van der Waals surface area contributed by atoms with Gasteiger partial charge in [0.1, 0.15) is 0 Å². The Balaban J connectivity index is 1.69. The van der Waals surface area contributed by atoms with Gasteiger partial charge in [-0.25, -0.2) is 0 Å². The van der Waals surface area contributed by atoms with Gasteiger partial charge in [0.25, 0.3) is 0 Å². The number of carbonyl (C=O) groups is 1. The van der Waals surface area contributed by atoms with Crippen LogP contribution in [-0.4, -0.2) is 34.7 Å². The normalized spacial score (nSPS) is 11.4. The van der Waals surface area contributed by atoms with Gasteiger partial charge in [0, 0.05) is 17.3 Å². The Morgan fingerprint density at radius 2 is 1.69 bits per heavy atom. The lowest BCUT2D eigenvalue weighted by Gasteiger charge is -2.17. The summed E-state index contributed by atoms with van der Waals surface area (Å²) in [5.41, 5.74) is 5.13. The van der Waals surface area contributed by atoms with Gasteiger partial charge in [0.05, 0.1) is 5.69 Å². The molecule has 0 atom stereocenters. The van der Waals surface area contributed by atoms with Crippen LogP contribution in [-0.2, 0) is 12.8 Å². The lowest BCUT2D eigenvalue weighted by atomic mass is 10.00. The van der Waals surface area contributed by atoms with Crippen LogP contribution in [0.3, 0.4) is 0 Å². The van der Waals surface area contributed by atoms with Crippen LogP contribution in [0, 0.1) is 0 Å². The van der Waals surface area contributed by atoms with Crippen LogP contribution in [0.4, 0.5) is 0 Å². The lowest BCUT2D eigenvalue weighted by Crippen LogP contribution is -2.23. The van der Waals surface area contributed by atoms with Crippen molar-refractivity contribution >= 4 is 11.3 Å². The number of fused-ring (bicyclic) bond motifs is 1. The van der Waals surface area contributed by atoms with E-state index in [1.54, 1.807) is 0 Å². The highest BCUT2D eigenvalue weighted by Crippen LogP contribution is 2.22. The Hall–Kier alpha value is -2.39. The summed E-state index contributed by atoms with van der Waals surface area (Å²) in [6.07, 6.45) is 7.43. The van der Waals surface area contributed by atoms with Gasteiger partial charge in [-0.3, -0.25) is 4.79 Å². The molecule has 3 rings (SSSR count). The summed E-state index contributed by atoms with van der Waals surface area (Å²) < 4.78 is 2.04. The predicted octanol–water partition coefficient (Wildman–Crippen LogP) is 5.79. The zero-order chi connectivity index (χ0) is 20.6. The summed E-state index contributed by atoms with van der Waals surface area (Å²) in [5.74, 6) is 0.118. The van der Waals surface area contributed by atoms with Gasteiger partial charge >= 0.3 is 0 Å². The molecule has 0 radical (unpaired) electrons. The minimum absolute atomic E-state index is 0.118. The minimum Gasteiger partial charge on any atom is -0.313 e. The number of benzene rings is 1. The smallest absolute Gasteiger partial charge is 0.210 e. The van der Waals surface area contributed by atoms with Gasteiger partial charge in [-0.2, -0.15) is 0 Å². The third-order valence-electron chi connectivity index (χ3n) is 5.79. The molecule has 3 heteroatoms. The number of pyridine rings is 1. The fraction of sp³-hybridized carbons (Fsp3) is 0.423. The fourth-order valence-electron chi connectivity index (χ4n) is 4.06. The zero-order valence-corrected chi connectivity index (χ0v) is 18.2. The highest BCUT2D eigenvalue weighted by molar-refractivity contribution is 6.09. The molecular weight excluding hydrogens is 356 g/mol. The lowest BCUT2D eigenvalue weighted by molar-refractivity contribution is 0.103. The van der Waals surface area contributed by atoms with Crippen molar-refractivity contribution in [2.75, 3.05) is 19.6 Å². The number of nitrogens with zero attached hydrogens (tertiary/aromatic N) is 2. The van der Waals surface area contributed by atoms with Crippen LogP contribution in [0.15, 0.2) is 54.7 Å². The molecule has 3 nitrogen and oxygen atoms in total. The van der Waals surface area contributed by atoms with Crippen LogP contribution in [0.2, 0.25) is 0 Å². The van der Waals surface area contributed by atoms with E-state index in [1.165, 1.54) is 24.9 Å². The standard InChI is InChI=1S/C26H34N2O/c1-4-11-23-20-24-13-8-10-19-28(24)25(23)26(29)22-16-14-21(15-17-22)12-7-9-18-27(5-2)6-3/h8,10,13-17,19-20H,4-7,9,11-12,18H2,1-3H3. The van der Waals surface area contributed by atoms with Crippen molar-refractivity contribution in [1.29, 1.82) is 0 Å². The summed E-state index contributed by atoms with van der Waals surface area (Å²) in [6.45, 7) is 10.0. The summed E-state index contributed by atoms with van der Waals surface area (Å²) in [7, 11) is 0. The quantitative estimate of drug-likeness (QED) is 0.306. The van der Waals surface area contributed by atoms with Crippen molar-refractivity contribution in [3.63, 3.8) is 0 Å². The third-order valence-corrected chi connectivity index (χ3v) is 5.79. The van der Waals surface area contributed by atoms with Gasteiger partial charge < -0.3 is 9.30 Å². The third kappa shape index (κ3) is 5.16. The molecule has 0 N–H and O–H groups in total. The summed E-state index contributed by atoms with van der Waals surface area (Å²) in [5, 5.41) is 0. The molecule has 2 aromatic heterocycles. The Kier molecular flexibility index (Phi) is 7.65. The number of unbranched alkanes of at least 4 members (excludes halogenated alkanes) is 1. The van der Waals surface area contributed by atoms with Crippen LogP contribution in [0.5, 0.6) is 0 Å². The number of aryl methyl sites for hydroxylation is 2. The molecule has 0 aliphatic rings. The first-order valence-electron chi connectivity index (χ1n) is 11.1. The number of aromatic nitrogens is 1. The van der Waals surface area contributed by atoms with Crippen LogP contribution in [0.25, 0.3) is 5.52 Å². The summed E-state index contributed by atoms with van der Waals surface area (Å²) in [6, 6.07) is 16.5. The summed E-state index contributed by atoms with van der Waals surface area (Å²) >= 11 is 0.